The molecule has 1 N–H and O–H groups in total. The van der Waals surface area contributed by atoms with Gasteiger partial charge in [0.25, 0.3) is 0 Å². The lowest BCUT2D eigenvalue weighted by molar-refractivity contribution is 0.466. The molecule has 0 bridgehead atoms. The van der Waals surface area contributed by atoms with E-state index in [4.69, 9.17) is 18.2 Å². The Balaban J connectivity index is 1.35. The summed E-state index contributed by atoms with van der Waals surface area (Å²) < 4.78 is 53.0. The molecule has 2 aromatic heterocycles. The maximum absolute atomic E-state index is 12.5. The van der Waals surface area contributed by atoms with Crippen molar-refractivity contribution in [2.75, 3.05) is 0 Å². The van der Waals surface area contributed by atoms with Gasteiger partial charge in [0.2, 0.25) is 0 Å². The van der Waals surface area contributed by atoms with Crippen molar-refractivity contribution >= 4 is 11.0 Å². The van der Waals surface area contributed by atoms with E-state index in [-0.39, 0.29) is 39.5 Å². The molecule has 0 amide bonds. The van der Waals surface area contributed by atoms with Gasteiger partial charge in [-0.2, -0.15) is 0 Å². The van der Waals surface area contributed by atoms with Gasteiger partial charge in [-0.1, -0.05) is 178 Å². The Kier molecular flexibility index (Phi) is 10.3. The van der Waals surface area contributed by atoms with Crippen LogP contribution in [0.2, 0.25) is 0 Å². The molecule has 0 spiro atoms. The van der Waals surface area contributed by atoms with Gasteiger partial charge in [-0.3, -0.25) is 9.55 Å². The van der Waals surface area contributed by atoms with Crippen LogP contribution in [0.25, 0.3) is 83.9 Å². The minimum Gasteiger partial charge on any atom is -0.507 e. The fourth-order valence-electron chi connectivity index (χ4n) is 9.19. The van der Waals surface area contributed by atoms with Gasteiger partial charge in [-0.25, -0.2) is 4.98 Å². The van der Waals surface area contributed by atoms with Crippen molar-refractivity contribution in [2.45, 2.75) is 106 Å². The van der Waals surface area contributed by atoms with Crippen molar-refractivity contribution in [1.29, 1.82) is 0 Å². The number of hydrogen-bond donors (Lipinski definition) is 1. The van der Waals surface area contributed by atoms with Crippen molar-refractivity contribution < 1.29 is 13.3 Å². The van der Waals surface area contributed by atoms with Gasteiger partial charge in [0, 0.05) is 31.1 Å². The van der Waals surface area contributed by atoms with Crippen LogP contribution in [-0.4, -0.2) is 19.6 Å². The van der Waals surface area contributed by atoms with Crippen LogP contribution in [0.1, 0.15) is 123 Å². The zero-order valence-corrected chi connectivity index (χ0v) is 41.0. The predicted octanol–water partition coefficient (Wildman–Crippen LogP) is 17.6. The second-order valence-electron chi connectivity index (χ2n) is 20.9. The molecule has 9 rings (SSSR count). The van der Waals surface area contributed by atoms with Crippen molar-refractivity contribution in [2.24, 2.45) is 0 Å². The second-order valence-corrected chi connectivity index (χ2v) is 20.9. The van der Waals surface area contributed by atoms with Crippen LogP contribution in [0.3, 0.4) is 0 Å². The van der Waals surface area contributed by atoms with E-state index in [2.05, 4.69) is 116 Å². The number of aromatic hydroxyl groups is 1. The molecule has 4 heteroatoms. The first kappa shape index (κ1) is 39.0. The minimum atomic E-state index is -2.51. The molecule has 0 atom stereocenters. The summed E-state index contributed by atoms with van der Waals surface area (Å²) in [5, 5.41) is 12.5. The number of para-hydroxylation sites is 1. The van der Waals surface area contributed by atoms with Gasteiger partial charge in [-0.15, -0.1) is 0 Å². The molecule has 68 heavy (non-hydrogen) atoms. The average molecular weight is 898 g/mol. The zero-order chi connectivity index (χ0) is 53.2. The van der Waals surface area contributed by atoms with Crippen LogP contribution in [0.4, 0.5) is 0 Å². The van der Waals surface area contributed by atoms with Crippen LogP contribution >= 0.6 is 0 Å². The van der Waals surface area contributed by atoms with Crippen molar-refractivity contribution in [3.8, 4) is 78.6 Å². The van der Waals surface area contributed by atoms with Gasteiger partial charge in [0.15, 0.2) is 0 Å². The quantitative estimate of drug-likeness (QED) is 0.157. The number of phenols is 1. The lowest BCUT2D eigenvalue weighted by atomic mass is 9.83. The van der Waals surface area contributed by atoms with E-state index in [0.717, 1.165) is 78.0 Å². The Morgan fingerprint density at radius 3 is 1.88 bits per heavy atom. The zero-order valence-electron chi connectivity index (χ0n) is 47.0. The van der Waals surface area contributed by atoms with Crippen LogP contribution in [0.15, 0.2) is 158 Å². The lowest BCUT2D eigenvalue weighted by Gasteiger charge is -2.22. The number of aromatic nitrogens is 3. The monoisotopic (exact) mass is 898 g/mol. The summed E-state index contributed by atoms with van der Waals surface area (Å²) in [5.41, 5.74) is 15.1. The van der Waals surface area contributed by atoms with Gasteiger partial charge in [0.1, 0.15) is 11.6 Å². The van der Waals surface area contributed by atoms with Gasteiger partial charge in [-0.05, 0) is 146 Å². The molecule has 0 unspecified atom stereocenters. The molecule has 0 aliphatic carbocycles. The highest BCUT2D eigenvalue weighted by atomic mass is 16.3. The van der Waals surface area contributed by atoms with E-state index >= 15 is 0 Å². The van der Waals surface area contributed by atoms with Crippen molar-refractivity contribution in [3.05, 3.63) is 191 Å². The lowest BCUT2D eigenvalue weighted by Crippen LogP contribution is -2.11. The summed E-state index contributed by atoms with van der Waals surface area (Å²) in [5.74, 6) is 0.735. The Morgan fingerprint density at radius 1 is 0.529 bits per heavy atom. The third-order valence-electron chi connectivity index (χ3n) is 13.3. The molecular formula is C64H65N3O. The molecule has 9 aromatic rings. The molecule has 342 valence electrons. The molecule has 0 aliphatic heterocycles. The summed E-state index contributed by atoms with van der Waals surface area (Å²) in [6.45, 7) is 16.8. The Bertz CT molecular complexity index is 3540. The van der Waals surface area contributed by atoms with Crippen LogP contribution in [0, 0.1) is 13.7 Å². The first-order valence-electron chi connectivity index (χ1n) is 26.7. The number of nitrogens with zero attached hydrogens (tertiary/aromatic N) is 3. The molecule has 7 aromatic carbocycles. The van der Waals surface area contributed by atoms with E-state index in [1.54, 1.807) is 18.3 Å². The molecule has 0 fully saturated rings. The number of phenolic OH excluding ortho intramolecular Hbond substituents is 1. The normalized spacial score (nSPS) is 13.8. The molecular weight excluding hydrogens is 827 g/mol. The Morgan fingerprint density at radius 2 is 1.22 bits per heavy atom. The number of hydrogen-bond acceptors (Lipinski definition) is 3. The highest BCUT2D eigenvalue weighted by molar-refractivity contribution is 5.98. The average Bonchev–Trinajstić information content (AvgIpc) is 3.74. The second kappa shape index (κ2) is 17.9. The van der Waals surface area contributed by atoms with E-state index in [9.17, 15) is 5.11 Å². The first-order valence-corrected chi connectivity index (χ1v) is 23.7. The molecule has 0 saturated carbocycles. The largest absolute Gasteiger partial charge is 0.507 e. The number of imidazole rings is 1. The van der Waals surface area contributed by atoms with E-state index in [0.29, 0.717) is 28.2 Å². The third-order valence-corrected chi connectivity index (χ3v) is 13.3. The van der Waals surface area contributed by atoms with Gasteiger partial charge in [0.05, 0.1) is 28.0 Å². The maximum Gasteiger partial charge on any atom is 0.149 e. The third kappa shape index (κ3) is 8.93. The summed E-state index contributed by atoms with van der Waals surface area (Å²) in [7, 11) is 0. The van der Waals surface area contributed by atoms with Crippen molar-refractivity contribution in [1.82, 2.24) is 14.5 Å². The predicted molar refractivity (Wildman–Crippen MR) is 288 cm³/mol. The molecule has 0 saturated heterocycles. The van der Waals surface area contributed by atoms with E-state index in [1.807, 2.05) is 97.1 Å². The standard InChI is InChI=1S/C64H65N3O/c1-39(2)47-35-53(40(3)4)61(68)56(36-47)62-66-60-52(48-32-49(34-51(33-48)64(10,11)12)57-37-46(29-30-65-57)43-23-21-41(5)22-24-43)19-16-20-58(60)67(62)59-31-42(6)54(38-55(59)44-17-14-13-15-18-44)45-25-27-50(28-26-45)63(7,8)9/h13-40,68H,1-12H3/i5D3,6D3. The first-order chi connectivity index (χ1) is 34.8. The molecule has 0 radical (unpaired) electrons. The smallest absolute Gasteiger partial charge is 0.149 e. The fourth-order valence-corrected chi connectivity index (χ4v) is 9.19. The highest BCUT2D eigenvalue weighted by Crippen LogP contribution is 2.45. The van der Waals surface area contributed by atoms with Crippen LogP contribution in [0.5, 0.6) is 5.75 Å². The number of fused-ring (bicyclic) bond motifs is 1. The SMILES string of the molecule is [2H]C([2H])([2H])c1ccc(-c2ccnc(-c3cc(-c4cccc5c4nc(-c4cc(C(C)C)cc(C(C)C)c4O)n5-c4cc(C([2H])([2H])[2H])c(-c5ccc(C(C)(C)C)cc5)cc4-c4ccccc4)cc(C(C)(C)C)c3)c2)cc1. The summed E-state index contributed by atoms with van der Waals surface area (Å²) in [6.07, 6.45) is 1.79. The fraction of sp³-hybridized carbons (Fsp3) is 0.250. The highest BCUT2D eigenvalue weighted by Gasteiger charge is 2.27. The minimum absolute atomic E-state index is 0.00828. The molecule has 2 heterocycles. The number of pyridine rings is 1. The van der Waals surface area contributed by atoms with Gasteiger partial charge < -0.3 is 5.11 Å². The maximum atomic E-state index is 12.5. The Hall–Kier alpha value is -7.04. The van der Waals surface area contributed by atoms with E-state index in [1.165, 1.54) is 0 Å². The molecule has 4 nitrogen and oxygen atoms in total. The number of rotatable bonds is 9. The Labute approximate surface area is 412 Å². The van der Waals surface area contributed by atoms with Crippen LogP contribution < -0.4 is 0 Å². The summed E-state index contributed by atoms with van der Waals surface area (Å²) >= 11 is 0. The van der Waals surface area contributed by atoms with Crippen LogP contribution in [-0.2, 0) is 10.8 Å². The summed E-state index contributed by atoms with van der Waals surface area (Å²) in [4.78, 5) is 10.5. The number of benzene rings is 7. The topological polar surface area (TPSA) is 50.9 Å². The van der Waals surface area contributed by atoms with Crippen molar-refractivity contribution in [3.63, 3.8) is 0 Å². The molecule has 0 aliphatic rings. The summed E-state index contributed by atoms with van der Waals surface area (Å²) in [6, 6.07) is 49.9. The van der Waals surface area contributed by atoms with Gasteiger partial charge >= 0.3 is 0 Å². The number of aryl methyl sites for hydroxylation is 2. The van der Waals surface area contributed by atoms with E-state index < -0.39 is 13.7 Å².